The van der Waals surface area contributed by atoms with Gasteiger partial charge in [-0.25, -0.2) is 8.42 Å². The molecule has 0 aliphatic carbocycles. The first-order valence-corrected chi connectivity index (χ1v) is 11.1. The first-order valence-electron chi connectivity index (χ1n) is 8.80. The van der Waals surface area contributed by atoms with Crippen LogP contribution in [-0.2, 0) is 21.2 Å². The van der Waals surface area contributed by atoms with Gasteiger partial charge in [-0.1, -0.05) is 36.0 Å². The van der Waals surface area contributed by atoms with E-state index < -0.39 is 10.0 Å². The normalized spacial score (nSPS) is 16.4. The van der Waals surface area contributed by atoms with Crippen LogP contribution in [0.4, 0.5) is 5.13 Å². The summed E-state index contributed by atoms with van der Waals surface area (Å²) in [4.78, 5) is 14.4. The third-order valence-corrected chi connectivity index (χ3v) is 7.27. The summed E-state index contributed by atoms with van der Waals surface area (Å²) in [6.07, 6.45) is 0.783. The molecule has 2 heterocycles. The number of amides is 1. The first kappa shape index (κ1) is 19.9. The lowest BCUT2D eigenvalue weighted by atomic mass is 10.2. The number of hydrogen-bond donors (Lipinski definition) is 1. The quantitative estimate of drug-likeness (QED) is 0.774. The predicted octanol–water partition coefficient (Wildman–Crippen LogP) is 1.35. The van der Waals surface area contributed by atoms with E-state index in [1.54, 1.807) is 24.3 Å². The number of carbonyl (C=O) groups is 1. The molecule has 1 fully saturated rings. The van der Waals surface area contributed by atoms with Crippen LogP contribution in [0.25, 0.3) is 0 Å². The van der Waals surface area contributed by atoms with Gasteiger partial charge in [-0.2, -0.15) is 4.31 Å². The Balaban J connectivity index is 1.52. The average Bonchev–Trinajstić information content (AvgIpc) is 3.10. The van der Waals surface area contributed by atoms with E-state index in [1.807, 2.05) is 18.7 Å². The molecular formula is C17H23N5O3S2. The van der Waals surface area contributed by atoms with E-state index in [-0.39, 0.29) is 12.5 Å². The smallest absolute Gasteiger partial charge is 0.243 e. The minimum absolute atomic E-state index is 0.163. The number of benzene rings is 1. The second-order valence-electron chi connectivity index (χ2n) is 6.40. The highest BCUT2D eigenvalue weighted by molar-refractivity contribution is 7.89. The van der Waals surface area contributed by atoms with Gasteiger partial charge in [0.1, 0.15) is 5.01 Å². The summed E-state index contributed by atoms with van der Waals surface area (Å²) < 4.78 is 26.9. The van der Waals surface area contributed by atoms with Crippen LogP contribution in [0.5, 0.6) is 0 Å². The molecule has 146 valence electrons. The predicted molar refractivity (Wildman–Crippen MR) is 104 cm³/mol. The molecular weight excluding hydrogens is 386 g/mol. The second-order valence-corrected chi connectivity index (χ2v) is 9.40. The molecule has 0 radical (unpaired) electrons. The number of carbonyl (C=O) groups excluding carboxylic acids is 1. The second kappa shape index (κ2) is 8.42. The molecule has 1 aliphatic rings. The Bertz CT molecular complexity index is 888. The molecule has 10 heteroatoms. The third-order valence-electron chi connectivity index (χ3n) is 4.37. The zero-order valence-corrected chi connectivity index (χ0v) is 17.0. The molecule has 1 amide bonds. The summed E-state index contributed by atoms with van der Waals surface area (Å²) in [6.45, 7) is 5.86. The Kier molecular flexibility index (Phi) is 6.20. The Hall–Kier alpha value is -1.88. The van der Waals surface area contributed by atoms with E-state index >= 15 is 0 Å². The van der Waals surface area contributed by atoms with Crippen LogP contribution >= 0.6 is 11.3 Å². The van der Waals surface area contributed by atoms with Crippen LogP contribution in [0.15, 0.2) is 29.2 Å². The fourth-order valence-electron chi connectivity index (χ4n) is 2.80. The van der Waals surface area contributed by atoms with Crippen molar-refractivity contribution in [3.05, 3.63) is 34.8 Å². The van der Waals surface area contributed by atoms with Gasteiger partial charge in [0.25, 0.3) is 0 Å². The highest BCUT2D eigenvalue weighted by Crippen LogP contribution is 2.19. The van der Waals surface area contributed by atoms with E-state index in [0.717, 1.165) is 17.0 Å². The number of rotatable bonds is 6. The molecule has 1 N–H and O–H groups in total. The number of aromatic nitrogens is 2. The van der Waals surface area contributed by atoms with E-state index in [1.165, 1.54) is 15.6 Å². The van der Waals surface area contributed by atoms with Crippen molar-refractivity contribution >= 4 is 32.4 Å². The van der Waals surface area contributed by atoms with Crippen molar-refractivity contribution in [2.24, 2.45) is 0 Å². The minimum atomic E-state index is -3.49. The molecule has 1 aromatic carbocycles. The minimum Gasteiger partial charge on any atom is -0.299 e. The van der Waals surface area contributed by atoms with Gasteiger partial charge in [-0.15, -0.1) is 10.2 Å². The van der Waals surface area contributed by atoms with Gasteiger partial charge >= 0.3 is 0 Å². The van der Waals surface area contributed by atoms with Crippen LogP contribution in [0.1, 0.15) is 17.5 Å². The van der Waals surface area contributed by atoms with Crippen molar-refractivity contribution in [3.63, 3.8) is 0 Å². The molecule has 0 saturated carbocycles. The largest absolute Gasteiger partial charge is 0.299 e. The van der Waals surface area contributed by atoms with E-state index in [4.69, 9.17) is 0 Å². The van der Waals surface area contributed by atoms with Gasteiger partial charge in [0.15, 0.2) is 0 Å². The van der Waals surface area contributed by atoms with Gasteiger partial charge in [-0.3, -0.25) is 15.0 Å². The molecule has 0 atom stereocenters. The fourth-order valence-corrected chi connectivity index (χ4v) is 4.91. The van der Waals surface area contributed by atoms with E-state index in [0.29, 0.717) is 36.2 Å². The van der Waals surface area contributed by atoms with Gasteiger partial charge in [0.2, 0.25) is 21.1 Å². The highest BCUT2D eigenvalue weighted by Gasteiger charge is 2.29. The molecule has 8 nitrogen and oxygen atoms in total. The lowest BCUT2D eigenvalue weighted by Crippen LogP contribution is -2.50. The SMILES string of the molecule is CCc1nnc(NC(=O)CN2CCN(S(=O)(=O)c3ccc(C)cc3)CC2)s1. The topological polar surface area (TPSA) is 95.5 Å². The molecule has 0 bridgehead atoms. The fraction of sp³-hybridized carbons (Fsp3) is 0.471. The van der Waals surface area contributed by atoms with Crippen molar-refractivity contribution in [2.45, 2.75) is 25.2 Å². The number of sulfonamides is 1. The van der Waals surface area contributed by atoms with Crippen LogP contribution in [0, 0.1) is 6.92 Å². The van der Waals surface area contributed by atoms with Crippen molar-refractivity contribution in [2.75, 3.05) is 38.0 Å². The number of piperazine rings is 1. The number of nitrogens with one attached hydrogen (secondary N) is 1. The van der Waals surface area contributed by atoms with Crippen LogP contribution in [0.2, 0.25) is 0 Å². The van der Waals surface area contributed by atoms with Crippen molar-refractivity contribution in [3.8, 4) is 0 Å². The number of nitrogens with zero attached hydrogens (tertiary/aromatic N) is 4. The standard InChI is InChI=1S/C17H23N5O3S2/c1-3-16-19-20-17(26-16)18-15(23)12-21-8-10-22(11-9-21)27(24,25)14-6-4-13(2)5-7-14/h4-7H,3,8-12H2,1-2H3,(H,18,20,23). The van der Waals surface area contributed by atoms with Gasteiger partial charge in [-0.05, 0) is 25.5 Å². The van der Waals surface area contributed by atoms with Crippen LogP contribution < -0.4 is 5.32 Å². The third kappa shape index (κ3) is 4.89. The Morgan fingerprint density at radius 2 is 1.81 bits per heavy atom. The highest BCUT2D eigenvalue weighted by atomic mass is 32.2. The molecule has 0 spiro atoms. The first-order chi connectivity index (χ1) is 12.9. The molecule has 1 aromatic heterocycles. The summed E-state index contributed by atoms with van der Waals surface area (Å²) in [5.74, 6) is -0.163. The molecule has 0 unspecified atom stereocenters. The average molecular weight is 410 g/mol. The number of aryl methyl sites for hydroxylation is 2. The van der Waals surface area contributed by atoms with Crippen LogP contribution in [0.3, 0.4) is 0 Å². The summed E-state index contributed by atoms with van der Waals surface area (Å²) in [6, 6.07) is 6.87. The summed E-state index contributed by atoms with van der Waals surface area (Å²) in [5.41, 5.74) is 1.02. The van der Waals surface area contributed by atoms with E-state index in [9.17, 15) is 13.2 Å². The molecule has 3 rings (SSSR count). The molecule has 2 aromatic rings. The molecule has 1 aliphatic heterocycles. The Morgan fingerprint density at radius 3 is 2.41 bits per heavy atom. The lowest BCUT2D eigenvalue weighted by Gasteiger charge is -2.33. The zero-order chi connectivity index (χ0) is 19.4. The Labute approximate surface area is 163 Å². The maximum absolute atomic E-state index is 12.7. The maximum atomic E-state index is 12.7. The summed E-state index contributed by atoms with van der Waals surface area (Å²) in [5, 5.41) is 12.0. The monoisotopic (exact) mass is 409 g/mol. The zero-order valence-electron chi connectivity index (χ0n) is 15.4. The van der Waals surface area contributed by atoms with Gasteiger partial charge in [0.05, 0.1) is 11.4 Å². The van der Waals surface area contributed by atoms with Crippen LogP contribution in [-0.4, -0.2) is 66.5 Å². The maximum Gasteiger partial charge on any atom is 0.243 e. The lowest BCUT2D eigenvalue weighted by molar-refractivity contribution is -0.117. The Morgan fingerprint density at radius 1 is 1.15 bits per heavy atom. The van der Waals surface area contributed by atoms with Crippen molar-refractivity contribution in [1.29, 1.82) is 0 Å². The number of hydrogen-bond acceptors (Lipinski definition) is 7. The van der Waals surface area contributed by atoms with Gasteiger partial charge in [0, 0.05) is 26.2 Å². The molecule has 27 heavy (non-hydrogen) atoms. The summed E-state index contributed by atoms with van der Waals surface area (Å²) >= 11 is 1.37. The van der Waals surface area contributed by atoms with Gasteiger partial charge < -0.3 is 0 Å². The number of anilines is 1. The van der Waals surface area contributed by atoms with Crippen molar-refractivity contribution in [1.82, 2.24) is 19.4 Å². The van der Waals surface area contributed by atoms with E-state index in [2.05, 4.69) is 15.5 Å². The molecule has 1 saturated heterocycles. The van der Waals surface area contributed by atoms with Crippen molar-refractivity contribution < 1.29 is 13.2 Å². The summed E-state index contributed by atoms with van der Waals surface area (Å²) in [7, 11) is -3.49.